The Balaban J connectivity index is 0.000000266. The molecule has 1 atom stereocenters. The minimum Gasteiger partial charge on any atom is -0.483 e. The van der Waals surface area contributed by atoms with Gasteiger partial charge in [0, 0.05) is 36.0 Å². The molecule has 31 heavy (non-hydrogen) atoms. The highest BCUT2D eigenvalue weighted by Crippen LogP contribution is 2.28. The third-order valence-electron chi connectivity index (χ3n) is 4.74. The lowest BCUT2D eigenvalue weighted by molar-refractivity contribution is -0.130. The molecule has 1 aliphatic rings. The minimum atomic E-state index is -0.250. The summed E-state index contributed by atoms with van der Waals surface area (Å²) < 4.78 is 5.64. The largest absolute Gasteiger partial charge is 0.483 e. The Morgan fingerprint density at radius 1 is 1.16 bits per heavy atom. The van der Waals surface area contributed by atoms with Crippen LogP contribution in [0.15, 0.2) is 46.9 Å². The van der Waals surface area contributed by atoms with E-state index in [1.807, 2.05) is 41.3 Å². The molecule has 0 saturated carbocycles. The molecule has 3 N–H and O–H groups in total. The summed E-state index contributed by atoms with van der Waals surface area (Å²) in [6.45, 7) is 3.28. The van der Waals surface area contributed by atoms with Gasteiger partial charge in [0.15, 0.2) is 0 Å². The maximum Gasteiger partial charge on any atom is 0.290 e. The lowest BCUT2D eigenvalue weighted by Gasteiger charge is -2.20. The first kappa shape index (κ1) is 25.8. The van der Waals surface area contributed by atoms with Crippen molar-refractivity contribution in [2.75, 3.05) is 27.2 Å². The number of hydrogen-bond acceptors (Lipinski definition) is 6. The molecule has 0 radical (unpaired) electrons. The molecule has 0 spiro atoms. The second-order valence-corrected chi connectivity index (χ2v) is 6.69. The van der Waals surface area contributed by atoms with Crippen LogP contribution in [0.5, 0.6) is 0 Å². The first-order valence-electron chi connectivity index (χ1n) is 9.88. The fraction of sp³-hybridized carbons (Fsp3) is 0.348. The van der Waals surface area contributed by atoms with Crippen LogP contribution in [0.3, 0.4) is 0 Å². The molecule has 1 saturated heterocycles. The fourth-order valence-corrected chi connectivity index (χ4v) is 3.37. The van der Waals surface area contributed by atoms with E-state index in [0.717, 1.165) is 54.7 Å². The van der Waals surface area contributed by atoms with Gasteiger partial charge in [-0.05, 0) is 51.1 Å². The number of nitrogens with zero attached hydrogens (tertiary/aromatic N) is 1. The number of aldehydes is 1. The number of hydrogen-bond donors (Lipinski definition) is 3. The van der Waals surface area contributed by atoms with Crippen molar-refractivity contribution >= 4 is 40.6 Å². The number of benzene rings is 2. The van der Waals surface area contributed by atoms with Crippen LogP contribution in [0.1, 0.15) is 30.1 Å². The van der Waals surface area contributed by atoms with Crippen LogP contribution in [0.4, 0.5) is 0 Å². The molecule has 1 amide bonds. The zero-order chi connectivity index (χ0) is 23.2. The summed E-state index contributed by atoms with van der Waals surface area (Å²) in [5.74, 6) is 0.234. The van der Waals surface area contributed by atoms with Gasteiger partial charge in [-0.25, -0.2) is 0 Å². The van der Waals surface area contributed by atoms with Gasteiger partial charge >= 0.3 is 0 Å². The number of furan rings is 1. The van der Waals surface area contributed by atoms with Crippen molar-refractivity contribution in [1.82, 2.24) is 10.2 Å². The molecule has 1 unspecified atom stereocenters. The van der Waals surface area contributed by atoms with Crippen molar-refractivity contribution in [3.05, 3.63) is 48.0 Å². The van der Waals surface area contributed by atoms with E-state index in [2.05, 4.69) is 12.2 Å². The SMILES string of the molecule is CNCC(=O)N1CCCC1C.CO.O=CO.O=Cc1ccc2oc3ccccc3c2c1. The van der Waals surface area contributed by atoms with Crippen molar-refractivity contribution < 1.29 is 29.0 Å². The van der Waals surface area contributed by atoms with E-state index >= 15 is 0 Å². The standard InChI is InChI=1S/C13H8O2.C8H16N2O.CH2O2.CH4O/c14-8-9-5-6-13-11(7-9)10-3-1-2-4-12(10)15-13;1-7-4-3-5-10(7)8(11)6-9-2;2-1-3;1-2/h1-8H;7,9H,3-6H2,1-2H3;1H,(H,2,3);2H,1H3. The quantitative estimate of drug-likeness (QED) is 0.547. The van der Waals surface area contributed by atoms with E-state index in [0.29, 0.717) is 18.2 Å². The van der Waals surface area contributed by atoms with E-state index in [1.54, 1.807) is 13.1 Å². The number of nitrogens with one attached hydrogen (secondary N) is 1. The molecule has 0 aliphatic carbocycles. The molecular weight excluding hydrogens is 400 g/mol. The highest BCUT2D eigenvalue weighted by molar-refractivity contribution is 6.06. The Morgan fingerprint density at radius 3 is 2.39 bits per heavy atom. The zero-order valence-electron chi connectivity index (χ0n) is 18.1. The molecule has 3 aromatic rings. The van der Waals surface area contributed by atoms with Gasteiger partial charge in [-0.3, -0.25) is 14.4 Å². The van der Waals surface area contributed by atoms with Crippen LogP contribution in [-0.2, 0) is 9.59 Å². The highest BCUT2D eigenvalue weighted by atomic mass is 16.3. The van der Waals surface area contributed by atoms with Crippen molar-refractivity contribution in [3.63, 3.8) is 0 Å². The first-order valence-corrected chi connectivity index (χ1v) is 9.88. The van der Waals surface area contributed by atoms with Crippen molar-refractivity contribution in [3.8, 4) is 0 Å². The number of aliphatic hydroxyl groups excluding tert-OH is 1. The predicted octanol–water partition coefficient (Wildman–Crippen LogP) is 2.92. The van der Waals surface area contributed by atoms with E-state index in [1.165, 1.54) is 0 Å². The third kappa shape index (κ3) is 7.20. The molecule has 1 aliphatic heterocycles. The average Bonchev–Trinajstić information content (AvgIpc) is 3.39. The van der Waals surface area contributed by atoms with Crippen molar-refractivity contribution in [2.45, 2.75) is 25.8 Å². The zero-order valence-corrected chi connectivity index (χ0v) is 18.1. The number of amides is 1. The number of likely N-dealkylation sites (tertiary alicyclic amines) is 1. The Morgan fingerprint density at radius 2 is 1.81 bits per heavy atom. The molecule has 1 aromatic heterocycles. The number of fused-ring (bicyclic) bond motifs is 3. The molecular formula is C23H30N2O6. The molecule has 8 heteroatoms. The summed E-state index contributed by atoms with van der Waals surface area (Å²) in [7, 11) is 2.80. The smallest absolute Gasteiger partial charge is 0.290 e. The molecule has 0 bridgehead atoms. The summed E-state index contributed by atoms with van der Waals surface area (Å²) in [6, 6.07) is 13.7. The first-order chi connectivity index (χ1) is 15.0. The van der Waals surface area contributed by atoms with Crippen molar-refractivity contribution in [1.29, 1.82) is 0 Å². The van der Waals surface area contributed by atoms with E-state index < -0.39 is 0 Å². The van der Waals surface area contributed by atoms with Crippen molar-refractivity contribution in [2.24, 2.45) is 0 Å². The number of likely N-dealkylation sites (N-methyl/N-ethyl adjacent to an activating group) is 1. The van der Waals surface area contributed by atoms with Gasteiger partial charge < -0.3 is 24.8 Å². The number of carboxylic acid groups (broad SMARTS) is 1. The summed E-state index contributed by atoms with van der Waals surface area (Å²) in [5, 5.41) is 18.8. The van der Waals surface area contributed by atoms with Gasteiger partial charge in [-0.2, -0.15) is 0 Å². The topological polar surface area (TPSA) is 120 Å². The van der Waals surface area contributed by atoms with E-state index in [9.17, 15) is 9.59 Å². The average molecular weight is 431 g/mol. The van der Waals surface area contributed by atoms with Gasteiger partial charge in [0.2, 0.25) is 5.91 Å². The van der Waals surface area contributed by atoms with Crippen LogP contribution in [0.25, 0.3) is 21.9 Å². The van der Waals surface area contributed by atoms with Gasteiger partial charge in [-0.1, -0.05) is 18.2 Å². The monoisotopic (exact) mass is 430 g/mol. The summed E-state index contributed by atoms with van der Waals surface area (Å²) in [4.78, 5) is 32.3. The molecule has 1 fully saturated rings. The molecule has 2 aromatic carbocycles. The lowest BCUT2D eigenvalue weighted by atomic mass is 10.1. The summed E-state index contributed by atoms with van der Waals surface area (Å²) in [5.41, 5.74) is 2.35. The van der Waals surface area contributed by atoms with Crippen LogP contribution >= 0.6 is 0 Å². The molecule has 4 rings (SSSR count). The molecule has 2 heterocycles. The fourth-order valence-electron chi connectivity index (χ4n) is 3.37. The maximum atomic E-state index is 11.3. The Bertz CT molecular complexity index is 969. The van der Waals surface area contributed by atoms with E-state index in [4.69, 9.17) is 19.4 Å². The Kier molecular flexibility index (Phi) is 11.6. The molecule has 168 valence electrons. The third-order valence-corrected chi connectivity index (χ3v) is 4.74. The van der Waals surface area contributed by atoms with Gasteiger partial charge in [-0.15, -0.1) is 0 Å². The maximum absolute atomic E-state index is 11.3. The summed E-state index contributed by atoms with van der Waals surface area (Å²) in [6.07, 6.45) is 3.17. The van der Waals surface area contributed by atoms with Crippen LogP contribution < -0.4 is 5.32 Å². The number of rotatable bonds is 3. The van der Waals surface area contributed by atoms with Gasteiger partial charge in [0.1, 0.15) is 17.5 Å². The van der Waals surface area contributed by atoms with Crippen LogP contribution in [0.2, 0.25) is 0 Å². The Hall–Kier alpha value is -3.23. The second-order valence-electron chi connectivity index (χ2n) is 6.69. The number of carbonyl (C=O) groups excluding carboxylic acids is 2. The lowest BCUT2D eigenvalue weighted by Crippen LogP contribution is -2.38. The van der Waals surface area contributed by atoms with Crippen LogP contribution in [0, 0.1) is 0 Å². The summed E-state index contributed by atoms with van der Waals surface area (Å²) >= 11 is 0. The van der Waals surface area contributed by atoms with Crippen LogP contribution in [-0.4, -0.2) is 67.1 Å². The number of para-hydroxylation sites is 1. The van der Waals surface area contributed by atoms with Gasteiger partial charge in [0.25, 0.3) is 6.47 Å². The predicted molar refractivity (Wildman–Crippen MR) is 120 cm³/mol. The second kappa shape index (κ2) is 13.9. The molecule has 8 nitrogen and oxygen atoms in total. The highest BCUT2D eigenvalue weighted by Gasteiger charge is 2.23. The number of carbonyl (C=O) groups is 3. The Labute approximate surface area is 181 Å². The minimum absolute atomic E-state index is 0.234. The number of aliphatic hydroxyl groups is 1. The normalized spacial score (nSPS) is 14.5. The van der Waals surface area contributed by atoms with Gasteiger partial charge in [0.05, 0.1) is 6.54 Å². The van der Waals surface area contributed by atoms with E-state index in [-0.39, 0.29) is 12.4 Å².